The van der Waals surface area contributed by atoms with Gasteiger partial charge in [0.25, 0.3) is 11.8 Å². The van der Waals surface area contributed by atoms with Crippen LogP contribution in [0.25, 0.3) is 0 Å². The number of carbonyl (C=O) groups is 2. The maximum atomic E-state index is 13.0. The quantitative estimate of drug-likeness (QED) is 0.655. The average Bonchev–Trinajstić information content (AvgIpc) is 2.80. The lowest BCUT2D eigenvalue weighted by atomic mass is 10.1. The van der Waals surface area contributed by atoms with Gasteiger partial charge in [-0.15, -0.1) is 0 Å². The number of hydrogen-bond acceptors (Lipinski definition) is 3. The Morgan fingerprint density at radius 3 is 2.41 bits per heavy atom. The molecule has 0 radical (unpaired) electrons. The van der Waals surface area contributed by atoms with Crippen molar-refractivity contribution in [3.05, 3.63) is 82.4 Å². The van der Waals surface area contributed by atoms with Gasteiger partial charge in [0.2, 0.25) is 0 Å². The molecule has 1 heterocycles. The highest BCUT2D eigenvalue weighted by Crippen LogP contribution is 2.39. The number of carbonyl (C=O) groups excluding carboxylic acids is 2. The molecule has 5 nitrogen and oxygen atoms in total. The van der Waals surface area contributed by atoms with Crippen molar-refractivity contribution in [2.45, 2.75) is 20.8 Å². The number of aryl methyl sites for hydroxylation is 3. The normalized spacial score (nSPS) is 12.6. The third kappa shape index (κ3) is 3.47. The molecule has 1 N–H and O–H groups in total. The summed E-state index contributed by atoms with van der Waals surface area (Å²) in [6, 6.07) is 16.4. The Hall–Kier alpha value is -3.60. The Kier molecular flexibility index (Phi) is 4.59. The fourth-order valence-corrected chi connectivity index (χ4v) is 3.33. The molecule has 3 aromatic rings. The third-order valence-corrected chi connectivity index (χ3v) is 5.24. The fraction of sp³-hybridized carbons (Fsp3) is 0.167. The van der Waals surface area contributed by atoms with Crippen LogP contribution in [-0.2, 0) is 0 Å². The van der Waals surface area contributed by atoms with Gasteiger partial charge < -0.3 is 15.0 Å². The van der Waals surface area contributed by atoms with Crippen molar-refractivity contribution in [1.29, 1.82) is 0 Å². The lowest BCUT2D eigenvalue weighted by Crippen LogP contribution is -2.25. The highest BCUT2D eigenvalue weighted by atomic mass is 16.5. The molecule has 0 spiro atoms. The van der Waals surface area contributed by atoms with Crippen molar-refractivity contribution < 1.29 is 14.3 Å². The van der Waals surface area contributed by atoms with E-state index in [-0.39, 0.29) is 11.8 Å². The van der Waals surface area contributed by atoms with Crippen LogP contribution in [0.2, 0.25) is 0 Å². The average molecular weight is 386 g/mol. The van der Waals surface area contributed by atoms with Gasteiger partial charge >= 0.3 is 0 Å². The molecule has 0 saturated carbocycles. The van der Waals surface area contributed by atoms with Crippen LogP contribution < -0.4 is 15.0 Å². The molecule has 0 saturated heterocycles. The summed E-state index contributed by atoms with van der Waals surface area (Å²) in [4.78, 5) is 27.2. The molecule has 0 unspecified atom stereocenters. The van der Waals surface area contributed by atoms with Crippen LogP contribution in [0.15, 0.2) is 54.6 Å². The highest BCUT2D eigenvalue weighted by Gasteiger charge is 2.26. The maximum absolute atomic E-state index is 13.0. The van der Waals surface area contributed by atoms with Crippen molar-refractivity contribution in [3.63, 3.8) is 0 Å². The van der Waals surface area contributed by atoms with E-state index < -0.39 is 0 Å². The second-order valence-electron chi connectivity index (χ2n) is 7.40. The predicted molar refractivity (Wildman–Crippen MR) is 114 cm³/mol. The largest absolute Gasteiger partial charge is 0.454 e. The first-order valence-corrected chi connectivity index (χ1v) is 9.43. The van der Waals surface area contributed by atoms with Crippen molar-refractivity contribution in [3.8, 4) is 11.5 Å². The Morgan fingerprint density at radius 2 is 1.66 bits per heavy atom. The SMILES string of the molecule is Cc1ccc2c(c1)N(C)C(=O)c1cc(NC(=O)c3ccc(C)c(C)c3)ccc1O2. The Morgan fingerprint density at radius 1 is 0.897 bits per heavy atom. The lowest BCUT2D eigenvalue weighted by molar-refractivity contribution is 0.0990. The molecule has 1 aliphatic rings. The second kappa shape index (κ2) is 7.09. The van der Waals surface area contributed by atoms with E-state index in [1.54, 1.807) is 36.2 Å². The summed E-state index contributed by atoms with van der Waals surface area (Å²) in [7, 11) is 1.72. The number of fused-ring (bicyclic) bond motifs is 2. The molecule has 5 heteroatoms. The molecular formula is C24H22N2O3. The summed E-state index contributed by atoms with van der Waals surface area (Å²) in [5.41, 5.74) is 5.46. The van der Waals surface area contributed by atoms with Crippen LogP contribution in [0.1, 0.15) is 37.4 Å². The molecule has 4 rings (SSSR count). The Labute approximate surface area is 169 Å². The van der Waals surface area contributed by atoms with E-state index in [0.717, 1.165) is 16.7 Å². The predicted octanol–water partition coefficient (Wildman–Crippen LogP) is 5.25. The van der Waals surface area contributed by atoms with Gasteiger partial charge in [0, 0.05) is 18.3 Å². The first-order chi connectivity index (χ1) is 13.8. The first kappa shape index (κ1) is 18.7. The summed E-state index contributed by atoms with van der Waals surface area (Å²) < 4.78 is 6.00. The molecule has 0 atom stereocenters. The zero-order chi connectivity index (χ0) is 20.7. The molecular weight excluding hydrogens is 364 g/mol. The minimum absolute atomic E-state index is 0.188. The number of anilines is 2. The number of amides is 2. The molecule has 146 valence electrons. The van der Waals surface area contributed by atoms with Gasteiger partial charge in [0.1, 0.15) is 5.75 Å². The van der Waals surface area contributed by atoms with Crippen molar-refractivity contribution in [2.24, 2.45) is 0 Å². The second-order valence-corrected chi connectivity index (χ2v) is 7.40. The van der Waals surface area contributed by atoms with E-state index >= 15 is 0 Å². The van der Waals surface area contributed by atoms with E-state index in [2.05, 4.69) is 5.32 Å². The van der Waals surface area contributed by atoms with Crippen LogP contribution >= 0.6 is 0 Å². The molecule has 0 aliphatic carbocycles. The van der Waals surface area contributed by atoms with Gasteiger partial charge in [-0.1, -0.05) is 12.1 Å². The monoisotopic (exact) mass is 386 g/mol. The summed E-state index contributed by atoms with van der Waals surface area (Å²) in [5.74, 6) is 0.680. The van der Waals surface area contributed by atoms with Crippen LogP contribution in [-0.4, -0.2) is 18.9 Å². The lowest BCUT2D eigenvalue weighted by Gasteiger charge is -2.16. The van der Waals surface area contributed by atoms with Gasteiger partial charge in [-0.2, -0.15) is 0 Å². The third-order valence-electron chi connectivity index (χ3n) is 5.24. The van der Waals surface area contributed by atoms with Crippen LogP contribution in [0, 0.1) is 20.8 Å². The minimum Gasteiger partial charge on any atom is -0.454 e. The van der Waals surface area contributed by atoms with E-state index in [9.17, 15) is 9.59 Å². The summed E-state index contributed by atoms with van der Waals surface area (Å²) in [6.07, 6.45) is 0. The molecule has 1 aliphatic heterocycles. The number of hydrogen-bond donors (Lipinski definition) is 1. The van der Waals surface area contributed by atoms with Crippen LogP contribution in [0.5, 0.6) is 11.5 Å². The van der Waals surface area contributed by atoms with Gasteiger partial charge in [-0.3, -0.25) is 9.59 Å². The summed E-state index contributed by atoms with van der Waals surface area (Å²) in [6.45, 7) is 5.95. The van der Waals surface area contributed by atoms with E-state index in [1.807, 2.05) is 51.1 Å². The van der Waals surface area contributed by atoms with Gasteiger partial charge in [-0.25, -0.2) is 0 Å². The fourth-order valence-electron chi connectivity index (χ4n) is 3.33. The summed E-state index contributed by atoms with van der Waals surface area (Å²) >= 11 is 0. The van der Waals surface area contributed by atoms with Gasteiger partial charge in [-0.05, 0) is 79.9 Å². The van der Waals surface area contributed by atoms with Crippen molar-refractivity contribution in [2.75, 3.05) is 17.3 Å². The molecule has 0 bridgehead atoms. The zero-order valence-corrected chi connectivity index (χ0v) is 16.9. The number of rotatable bonds is 2. The summed E-state index contributed by atoms with van der Waals surface area (Å²) in [5, 5.41) is 2.88. The minimum atomic E-state index is -0.220. The molecule has 2 amide bonds. The molecule has 3 aromatic carbocycles. The first-order valence-electron chi connectivity index (χ1n) is 9.43. The van der Waals surface area contributed by atoms with Crippen molar-refractivity contribution in [1.82, 2.24) is 0 Å². The number of nitrogens with zero attached hydrogens (tertiary/aromatic N) is 1. The van der Waals surface area contributed by atoms with Gasteiger partial charge in [0.15, 0.2) is 5.75 Å². The topological polar surface area (TPSA) is 58.6 Å². The highest BCUT2D eigenvalue weighted by molar-refractivity contribution is 6.11. The molecule has 0 aromatic heterocycles. The van der Waals surface area contributed by atoms with E-state index in [1.165, 1.54) is 0 Å². The van der Waals surface area contributed by atoms with Crippen LogP contribution in [0.3, 0.4) is 0 Å². The maximum Gasteiger partial charge on any atom is 0.261 e. The number of ether oxygens (including phenoxy) is 1. The molecule has 29 heavy (non-hydrogen) atoms. The smallest absolute Gasteiger partial charge is 0.261 e. The van der Waals surface area contributed by atoms with E-state index in [4.69, 9.17) is 4.74 Å². The number of nitrogens with one attached hydrogen (secondary N) is 1. The van der Waals surface area contributed by atoms with Gasteiger partial charge in [0.05, 0.1) is 11.3 Å². The Balaban J connectivity index is 1.65. The number of benzene rings is 3. The standard InChI is InChI=1S/C24H22N2O3/c1-14-5-9-22-20(11-14)26(4)24(28)19-13-18(8-10-21(19)29-22)25-23(27)17-7-6-15(2)16(3)12-17/h5-13H,1-4H3,(H,25,27). The Bertz CT molecular complexity index is 1150. The van der Waals surface area contributed by atoms with E-state index in [0.29, 0.717) is 34.0 Å². The van der Waals surface area contributed by atoms with Crippen molar-refractivity contribution >= 4 is 23.2 Å². The molecule has 0 fully saturated rings. The zero-order valence-electron chi connectivity index (χ0n) is 16.9. The van der Waals surface area contributed by atoms with Crippen LogP contribution in [0.4, 0.5) is 11.4 Å².